The third-order valence-electron chi connectivity index (χ3n) is 4.22. The molecule has 0 fully saturated rings. The maximum absolute atomic E-state index is 12.2. The van der Waals surface area contributed by atoms with E-state index < -0.39 is 0 Å². The molecule has 0 atom stereocenters. The lowest BCUT2D eigenvalue weighted by Gasteiger charge is -2.13. The number of nitrogens with two attached hydrogens (primary N) is 1. The van der Waals surface area contributed by atoms with Gasteiger partial charge in [0.05, 0.1) is 6.61 Å². The maximum Gasteiger partial charge on any atom is 0.293 e. The standard InChI is InChI=1S/C19H16N4O2.C3H6O2/c1-23-19(24)18-14(9-10-21-18)17(22-23)15-11-12(20)7-8-16(15)25-13-5-3-2-4-6-13;1-2-5-3-4/h2-11,21H,20H2,1H3;3H,2H2,1H3. The molecule has 0 bridgehead atoms. The predicted molar refractivity (Wildman–Crippen MR) is 115 cm³/mol. The summed E-state index contributed by atoms with van der Waals surface area (Å²) in [5.41, 5.74) is 8.26. The topological polar surface area (TPSA) is 112 Å². The number of carbonyl (C=O) groups is 1. The third-order valence-corrected chi connectivity index (χ3v) is 4.22. The molecule has 0 saturated heterocycles. The number of hydrogen-bond donors (Lipinski definition) is 2. The van der Waals surface area contributed by atoms with E-state index in [2.05, 4.69) is 14.8 Å². The highest BCUT2D eigenvalue weighted by Gasteiger charge is 2.16. The lowest BCUT2D eigenvalue weighted by atomic mass is 10.1. The van der Waals surface area contributed by atoms with Crippen LogP contribution in [0.2, 0.25) is 0 Å². The average Bonchev–Trinajstić information content (AvgIpc) is 3.24. The van der Waals surface area contributed by atoms with E-state index in [0.29, 0.717) is 41.5 Å². The van der Waals surface area contributed by atoms with Crippen LogP contribution in [0.3, 0.4) is 0 Å². The Morgan fingerprint density at radius 3 is 2.60 bits per heavy atom. The fraction of sp³-hybridized carbons (Fsp3) is 0.136. The molecule has 2 aromatic carbocycles. The van der Waals surface area contributed by atoms with Crippen molar-refractivity contribution in [1.29, 1.82) is 0 Å². The molecule has 2 heterocycles. The molecule has 8 heteroatoms. The first-order valence-corrected chi connectivity index (χ1v) is 9.27. The summed E-state index contributed by atoms with van der Waals surface area (Å²) >= 11 is 0. The molecule has 0 unspecified atom stereocenters. The van der Waals surface area contributed by atoms with Gasteiger partial charge in [-0.1, -0.05) is 18.2 Å². The highest BCUT2D eigenvalue weighted by molar-refractivity contribution is 5.94. The zero-order valence-corrected chi connectivity index (χ0v) is 16.7. The van der Waals surface area contributed by atoms with Crippen LogP contribution < -0.4 is 16.0 Å². The van der Waals surface area contributed by atoms with Gasteiger partial charge in [0.2, 0.25) is 0 Å². The molecule has 0 aliphatic carbocycles. The maximum atomic E-state index is 12.2. The highest BCUT2D eigenvalue weighted by Crippen LogP contribution is 2.36. The van der Waals surface area contributed by atoms with Gasteiger partial charge in [0.25, 0.3) is 12.0 Å². The number of aromatic amines is 1. The van der Waals surface area contributed by atoms with Crippen molar-refractivity contribution in [3.63, 3.8) is 0 Å². The minimum Gasteiger partial charge on any atom is -0.468 e. The third kappa shape index (κ3) is 4.49. The van der Waals surface area contributed by atoms with E-state index in [1.807, 2.05) is 42.5 Å². The van der Waals surface area contributed by atoms with Crippen LogP contribution in [0.15, 0.2) is 65.6 Å². The van der Waals surface area contributed by atoms with Gasteiger partial charge >= 0.3 is 0 Å². The van der Waals surface area contributed by atoms with Crippen molar-refractivity contribution in [2.45, 2.75) is 6.92 Å². The van der Waals surface area contributed by atoms with E-state index in [1.54, 1.807) is 32.3 Å². The van der Waals surface area contributed by atoms with Crippen molar-refractivity contribution >= 4 is 23.1 Å². The van der Waals surface area contributed by atoms with Gasteiger partial charge in [-0.05, 0) is 43.3 Å². The van der Waals surface area contributed by atoms with E-state index in [9.17, 15) is 9.59 Å². The van der Waals surface area contributed by atoms with Crippen molar-refractivity contribution < 1.29 is 14.3 Å². The normalized spacial score (nSPS) is 10.2. The monoisotopic (exact) mass is 406 g/mol. The Labute approximate surface area is 172 Å². The first-order chi connectivity index (χ1) is 14.5. The number of rotatable bonds is 5. The fourth-order valence-corrected chi connectivity index (χ4v) is 2.86. The summed E-state index contributed by atoms with van der Waals surface area (Å²) in [6.45, 7) is 2.66. The Kier molecular flexibility index (Phi) is 6.49. The van der Waals surface area contributed by atoms with E-state index in [1.165, 1.54) is 4.68 Å². The lowest BCUT2D eigenvalue weighted by molar-refractivity contribution is -0.128. The van der Waals surface area contributed by atoms with Gasteiger partial charge in [0.15, 0.2) is 0 Å². The number of aromatic nitrogens is 3. The van der Waals surface area contributed by atoms with Gasteiger partial charge in [0, 0.05) is 29.9 Å². The number of para-hydroxylation sites is 1. The van der Waals surface area contributed by atoms with Crippen LogP contribution in [0.4, 0.5) is 5.69 Å². The summed E-state index contributed by atoms with van der Waals surface area (Å²) in [6, 6.07) is 16.7. The second-order valence-corrected chi connectivity index (χ2v) is 6.27. The molecule has 0 radical (unpaired) electrons. The minimum atomic E-state index is -0.182. The Morgan fingerprint density at radius 2 is 1.93 bits per heavy atom. The van der Waals surface area contributed by atoms with Crippen molar-refractivity contribution in [2.75, 3.05) is 12.3 Å². The molecule has 3 N–H and O–H groups in total. The number of carbonyl (C=O) groups excluding carboxylic acids is 1. The Balaban J connectivity index is 0.000000461. The Bertz CT molecular complexity index is 1200. The molecule has 0 aliphatic rings. The number of aryl methyl sites for hydroxylation is 1. The number of anilines is 1. The summed E-state index contributed by atoms with van der Waals surface area (Å²) in [5.74, 6) is 1.33. The number of ether oxygens (including phenoxy) is 2. The minimum absolute atomic E-state index is 0.182. The number of nitrogen functional groups attached to an aromatic ring is 1. The van der Waals surface area contributed by atoms with Gasteiger partial charge in [0.1, 0.15) is 22.7 Å². The Hall–Kier alpha value is -4.07. The van der Waals surface area contributed by atoms with Crippen LogP contribution in [-0.2, 0) is 16.6 Å². The number of fused-ring (bicyclic) bond motifs is 1. The molecule has 0 aliphatic heterocycles. The van der Waals surface area contributed by atoms with Crippen LogP contribution >= 0.6 is 0 Å². The summed E-state index contributed by atoms with van der Waals surface area (Å²) in [5, 5.41) is 5.16. The van der Waals surface area contributed by atoms with E-state index in [0.717, 1.165) is 10.9 Å². The molecule has 0 spiro atoms. The predicted octanol–water partition coefficient (Wildman–Crippen LogP) is 3.48. The highest BCUT2D eigenvalue weighted by atomic mass is 16.5. The van der Waals surface area contributed by atoms with Crippen LogP contribution in [0.1, 0.15) is 6.92 Å². The SMILES string of the molecule is CCOC=O.Cn1nc(-c2cc(N)ccc2Oc2ccccc2)c2cc[nH]c2c1=O. The van der Waals surface area contributed by atoms with E-state index in [-0.39, 0.29) is 5.56 Å². The number of nitrogens with one attached hydrogen (secondary N) is 1. The van der Waals surface area contributed by atoms with Crippen LogP contribution in [0, 0.1) is 0 Å². The van der Waals surface area contributed by atoms with Gasteiger partial charge in [-0.2, -0.15) is 5.10 Å². The van der Waals surface area contributed by atoms with Gasteiger partial charge < -0.3 is 20.2 Å². The van der Waals surface area contributed by atoms with Crippen molar-refractivity contribution in [3.05, 3.63) is 71.1 Å². The number of benzene rings is 2. The van der Waals surface area contributed by atoms with Crippen LogP contribution in [0.25, 0.3) is 22.2 Å². The summed E-state index contributed by atoms with van der Waals surface area (Å²) < 4.78 is 11.5. The van der Waals surface area contributed by atoms with Crippen molar-refractivity contribution in [2.24, 2.45) is 7.05 Å². The largest absolute Gasteiger partial charge is 0.468 e. The fourth-order valence-electron chi connectivity index (χ4n) is 2.86. The van der Waals surface area contributed by atoms with Crippen molar-refractivity contribution in [1.82, 2.24) is 14.8 Å². The second kappa shape index (κ2) is 9.42. The molecule has 8 nitrogen and oxygen atoms in total. The molecule has 0 saturated carbocycles. The Morgan fingerprint density at radius 1 is 1.17 bits per heavy atom. The first-order valence-electron chi connectivity index (χ1n) is 9.27. The number of nitrogens with zero attached hydrogens (tertiary/aromatic N) is 2. The van der Waals surface area contributed by atoms with Crippen LogP contribution in [-0.4, -0.2) is 27.8 Å². The quantitative estimate of drug-likeness (QED) is 0.388. The van der Waals surface area contributed by atoms with Crippen molar-refractivity contribution in [3.8, 4) is 22.8 Å². The second-order valence-electron chi connectivity index (χ2n) is 6.27. The zero-order chi connectivity index (χ0) is 21.5. The molecular formula is C22H22N4O4. The van der Waals surface area contributed by atoms with Gasteiger partial charge in [-0.25, -0.2) is 4.68 Å². The molecule has 2 aromatic heterocycles. The van der Waals surface area contributed by atoms with E-state index in [4.69, 9.17) is 10.5 Å². The smallest absolute Gasteiger partial charge is 0.293 e. The molecule has 4 rings (SSSR count). The summed E-state index contributed by atoms with van der Waals surface area (Å²) in [4.78, 5) is 24.4. The average molecular weight is 406 g/mol. The molecule has 154 valence electrons. The molecule has 0 amide bonds. The van der Waals surface area contributed by atoms with E-state index >= 15 is 0 Å². The molecular weight excluding hydrogens is 384 g/mol. The lowest BCUT2D eigenvalue weighted by Crippen LogP contribution is -2.20. The molecule has 4 aromatic rings. The number of hydrogen-bond acceptors (Lipinski definition) is 6. The summed E-state index contributed by atoms with van der Waals surface area (Å²) in [7, 11) is 1.62. The van der Waals surface area contributed by atoms with Gasteiger partial charge in [-0.15, -0.1) is 0 Å². The molecule has 30 heavy (non-hydrogen) atoms. The first kappa shape index (κ1) is 20.7. The van der Waals surface area contributed by atoms with Gasteiger partial charge in [-0.3, -0.25) is 9.59 Å². The number of H-pyrrole nitrogens is 1. The zero-order valence-electron chi connectivity index (χ0n) is 16.7. The van der Waals surface area contributed by atoms with Crippen LogP contribution in [0.5, 0.6) is 11.5 Å². The summed E-state index contributed by atoms with van der Waals surface area (Å²) in [6.07, 6.45) is 1.72.